The first-order valence-electron chi connectivity index (χ1n) is 6.04. The van der Waals surface area contributed by atoms with E-state index in [2.05, 4.69) is 4.98 Å². The first kappa shape index (κ1) is 14.3. The molecule has 0 radical (unpaired) electrons. The first-order chi connectivity index (χ1) is 9.49. The van der Waals surface area contributed by atoms with Crippen molar-refractivity contribution in [2.45, 2.75) is 20.5 Å². The van der Waals surface area contributed by atoms with Gasteiger partial charge in [-0.15, -0.1) is 11.3 Å². The first-order valence-corrected chi connectivity index (χ1v) is 6.86. The Morgan fingerprint density at radius 3 is 2.70 bits per heavy atom. The van der Waals surface area contributed by atoms with Crippen LogP contribution in [0.2, 0.25) is 0 Å². The predicted octanol–water partition coefficient (Wildman–Crippen LogP) is 2.71. The van der Waals surface area contributed by atoms with Gasteiger partial charge in [-0.3, -0.25) is 4.98 Å². The molecule has 0 fully saturated rings. The Morgan fingerprint density at radius 1 is 1.35 bits per heavy atom. The van der Waals surface area contributed by atoms with Crippen LogP contribution in [0.4, 0.5) is 5.69 Å². The lowest BCUT2D eigenvalue weighted by molar-refractivity contribution is 0.0473. The van der Waals surface area contributed by atoms with E-state index in [0.29, 0.717) is 22.0 Å². The average molecular weight is 292 g/mol. The summed E-state index contributed by atoms with van der Waals surface area (Å²) in [4.78, 5) is 17.6. The molecule has 2 aromatic rings. The number of nitrogens with two attached hydrogens (primary N) is 1. The van der Waals surface area contributed by atoms with Crippen molar-refractivity contribution < 1.29 is 14.3 Å². The molecule has 0 atom stereocenters. The van der Waals surface area contributed by atoms with E-state index in [1.165, 1.54) is 11.3 Å². The van der Waals surface area contributed by atoms with E-state index >= 15 is 0 Å². The SMILES string of the molecule is COc1cc(C)nc(COC(=O)c2cc(N)c(C)s2)c1. The molecule has 0 unspecified atom stereocenters. The topological polar surface area (TPSA) is 74.4 Å². The van der Waals surface area contributed by atoms with Gasteiger partial charge in [-0.05, 0) is 19.9 Å². The lowest BCUT2D eigenvalue weighted by Gasteiger charge is -2.06. The van der Waals surface area contributed by atoms with Crippen molar-refractivity contribution in [3.63, 3.8) is 0 Å². The predicted molar refractivity (Wildman–Crippen MR) is 78.1 cm³/mol. The van der Waals surface area contributed by atoms with Gasteiger partial charge < -0.3 is 15.2 Å². The fraction of sp³-hybridized carbons (Fsp3) is 0.286. The number of aryl methyl sites for hydroxylation is 2. The second kappa shape index (κ2) is 5.92. The number of aromatic nitrogens is 1. The van der Waals surface area contributed by atoms with Gasteiger partial charge in [-0.25, -0.2) is 4.79 Å². The maximum Gasteiger partial charge on any atom is 0.348 e. The van der Waals surface area contributed by atoms with Crippen molar-refractivity contribution in [1.29, 1.82) is 0 Å². The number of carbonyl (C=O) groups excluding carboxylic acids is 1. The monoisotopic (exact) mass is 292 g/mol. The quantitative estimate of drug-likeness (QED) is 0.877. The third-order valence-electron chi connectivity index (χ3n) is 2.72. The van der Waals surface area contributed by atoms with Gasteiger partial charge in [0.2, 0.25) is 0 Å². The van der Waals surface area contributed by atoms with E-state index in [1.54, 1.807) is 19.2 Å². The number of methoxy groups -OCH3 is 1. The number of pyridine rings is 1. The summed E-state index contributed by atoms with van der Waals surface area (Å²) in [5.74, 6) is 0.303. The molecule has 0 aliphatic rings. The number of anilines is 1. The van der Waals surface area contributed by atoms with Crippen LogP contribution in [-0.2, 0) is 11.3 Å². The minimum atomic E-state index is -0.392. The summed E-state index contributed by atoms with van der Waals surface area (Å²) in [7, 11) is 1.59. The number of ether oxygens (including phenoxy) is 2. The molecule has 0 aliphatic heterocycles. The third kappa shape index (κ3) is 3.27. The highest BCUT2D eigenvalue weighted by molar-refractivity contribution is 7.14. The van der Waals surface area contributed by atoms with Crippen LogP contribution in [0, 0.1) is 13.8 Å². The molecule has 0 saturated heterocycles. The van der Waals surface area contributed by atoms with Crippen LogP contribution in [0.3, 0.4) is 0 Å². The Hall–Kier alpha value is -2.08. The molecule has 0 saturated carbocycles. The Morgan fingerprint density at radius 2 is 2.10 bits per heavy atom. The number of esters is 1. The summed E-state index contributed by atoms with van der Waals surface area (Å²) < 4.78 is 10.4. The number of thiophene rings is 1. The van der Waals surface area contributed by atoms with Gasteiger partial charge in [-0.2, -0.15) is 0 Å². The van der Waals surface area contributed by atoms with E-state index in [4.69, 9.17) is 15.2 Å². The zero-order valence-corrected chi connectivity index (χ0v) is 12.4. The van der Waals surface area contributed by atoms with E-state index in [9.17, 15) is 4.79 Å². The minimum absolute atomic E-state index is 0.105. The Labute approximate surface area is 121 Å². The highest BCUT2D eigenvalue weighted by Crippen LogP contribution is 2.24. The normalized spacial score (nSPS) is 10.3. The molecule has 0 spiro atoms. The van der Waals surface area contributed by atoms with Crippen molar-refractivity contribution in [2.75, 3.05) is 12.8 Å². The molecule has 106 valence electrons. The van der Waals surface area contributed by atoms with Crippen molar-refractivity contribution in [1.82, 2.24) is 4.98 Å². The molecule has 2 heterocycles. The second-order valence-electron chi connectivity index (χ2n) is 4.34. The standard InChI is InChI=1S/C14H16N2O3S/c1-8-4-11(18-3)5-10(16-8)7-19-14(17)13-6-12(15)9(2)20-13/h4-6H,7,15H2,1-3H3. The fourth-order valence-corrected chi connectivity index (χ4v) is 2.54. The third-order valence-corrected chi connectivity index (χ3v) is 3.77. The molecule has 2 rings (SSSR count). The molecule has 6 heteroatoms. The zero-order chi connectivity index (χ0) is 14.7. The van der Waals surface area contributed by atoms with Gasteiger partial charge in [0.1, 0.15) is 17.2 Å². The lowest BCUT2D eigenvalue weighted by atomic mass is 10.3. The summed E-state index contributed by atoms with van der Waals surface area (Å²) in [5, 5.41) is 0. The number of hydrogen-bond acceptors (Lipinski definition) is 6. The maximum absolute atomic E-state index is 11.9. The summed E-state index contributed by atoms with van der Waals surface area (Å²) in [6.45, 7) is 3.83. The van der Waals surface area contributed by atoms with Gasteiger partial charge in [0.15, 0.2) is 0 Å². The molecule has 0 aliphatic carbocycles. The van der Waals surface area contributed by atoms with Gasteiger partial charge in [-0.1, -0.05) is 0 Å². The van der Waals surface area contributed by atoms with Crippen LogP contribution in [0.15, 0.2) is 18.2 Å². The maximum atomic E-state index is 11.9. The molecular formula is C14H16N2O3S. The molecule has 0 amide bonds. The van der Waals surface area contributed by atoms with Crippen molar-refractivity contribution in [3.8, 4) is 5.75 Å². The lowest BCUT2D eigenvalue weighted by Crippen LogP contribution is -2.05. The Balaban J connectivity index is 2.05. The van der Waals surface area contributed by atoms with Crippen molar-refractivity contribution in [2.24, 2.45) is 0 Å². The van der Waals surface area contributed by atoms with Crippen molar-refractivity contribution in [3.05, 3.63) is 39.3 Å². The van der Waals surface area contributed by atoms with E-state index < -0.39 is 5.97 Å². The molecule has 2 aromatic heterocycles. The number of rotatable bonds is 4. The van der Waals surface area contributed by atoms with Gasteiger partial charge in [0.25, 0.3) is 0 Å². The highest BCUT2D eigenvalue weighted by atomic mass is 32.1. The van der Waals surface area contributed by atoms with Gasteiger partial charge in [0.05, 0.1) is 12.8 Å². The van der Waals surface area contributed by atoms with Crippen LogP contribution < -0.4 is 10.5 Å². The highest BCUT2D eigenvalue weighted by Gasteiger charge is 2.13. The largest absolute Gasteiger partial charge is 0.497 e. The Bertz CT molecular complexity index is 618. The number of nitrogens with zero attached hydrogens (tertiary/aromatic N) is 1. The number of carbonyl (C=O) groups is 1. The summed E-state index contributed by atoms with van der Waals surface area (Å²) >= 11 is 1.32. The van der Waals surface area contributed by atoms with Crippen LogP contribution in [0.1, 0.15) is 25.9 Å². The Kier molecular flexibility index (Phi) is 4.24. The van der Waals surface area contributed by atoms with Crippen molar-refractivity contribution >= 4 is 23.0 Å². The summed E-state index contributed by atoms with van der Waals surface area (Å²) in [6, 6.07) is 5.19. The molecule has 5 nitrogen and oxygen atoms in total. The van der Waals surface area contributed by atoms with E-state index in [-0.39, 0.29) is 6.61 Å². The van der Waals surface area contributed by atoms with Gasteiger partial charge >= 0.3 is 5.97 Å². The smallest absolute Gasteiger partial charge is 0.348 e. The molecule has 0 bridgehead atoms. The molecule has 0 aromatic carbocycles. The summed E-state index contributed by atoms with van der Waals surface area (Å²) in [6.07, 6.45) is 0. The second-order valence-corrected chi connectivity index (χ2v) is 5.59. The number of nitrogen functional groups attached to an aromatic ring is 1. The van der Waals surface area contributed by atoms with Crippen LogP contribution in [-0.4, -0.2) is 18.1 Å². The molecule has 20 heavy (non-hydrogen) atoms. The minimum Gasteiger partial charge on any atom is -0.497 e. The number of hydrogen-bond donors (Lipinski definition) is 1. The van der Waals surface area contributed by atoms with Crippen LogP contribution >= 0.6 is 11.3 Å². The average Bonchev–Trinajstić information content (AvgIpc) is 2.75. The van der Waals surface area contributed by atoms with E-state index in [0.717, 1.165) is 10.6 Å². The zero-order valence-electron chi connectivity index (χ0n) is 11.6. The molecule has 2 N–H and O–H groups in total. The van der Waals surface area contributed by atoms with E-state index in [1.807, 2.05) is 19.9 Å². The molecular weight excluding hydrogens is 276 g/mol. The van der Waals surface area contributed by atoms with Crippen LogP contribution in [0.25, 0.3) is 0 Å². The van der Waals surface area contributed by atoms with Crippen LogP contribution in [0.5, 0.6) is 5.75 Å². The summed E-state index contributed by atoms with van der Waals surface area (Å²) in [5.41, 5.74) is 7.79. The fourth-order valence-electron chi connectivity index (χ4n) is 1.70. The van der Waals surface area contributed by atoms with Gasteiger partial charge in [0, 0.05) is 28.4 Å².